The first-order valence-corrected chi connectivity index (χ1v) is 10.8. The van der Waals surface area contributed by atoms with Crippen molar-refractivity contribution in [1.82, 2.24) is 29.8 Å². The number of hydrogen-bond donors (Lipinski definition) is 2. The quantitative estimate of drug-likeness (QED) is 0.432. The summed E-state index contributed by atoms with van der Waals surface area (Å²) in [6.07, 6.45) is 1.40. The molecule has 2 N–H and O–H groups in total. The van der Waals surface area contributed by atoms with Gasteiger partial charge in [0.1, 0.15) is 16.9 Å². The number of thiophene rings is 1. The van der Waals surface area contributed by atoms with Crippen LogP contribution in [-0.4, -0.2) is 45.3 Å². The highest BCUT2D eigenvalue weighted by Crippen LogP contribution is 2.32. The SMILES string of the molecule is CCNC(=O)CNCc1sc2c(c1C)c1ncnn1c(=O)n2Cc1ccc(OC)cc1. The summed E-state index contributed by atoms with van der Waals surface area (Å²) in [5.74, 6) is 0.720. The van der Waals surface area contributed by atoms with E-state index >= 15 is 0 Å². The number of nitrogens with one attached hydrogen (secondary N) is 2. The topological polar surface area (TPSA) is 103 Å². The molecule has 0 radical (unpaired) electrons. The normalized spacial score (nSPS) is 11.3. The molecule has 0 saturated carbocycles. The van der Waals surface area contributed by atoms with Gasteiger partial charge in [0.05, 0.1) is 25.6 Å². The molecule has 3 aromatic heterocycles. The minimum Gasteiger partial charge on any atom is -0.497 e. The van der Waals surface area contributed by atoms with E-state index in [4.69, 9.17) is 4.74 Å². The molecule has 0 spiro atoms. The highest BCUT2D eigenvalue weighted by Gasteiger charge is 2.19. The summed E-state index contributed by atoms with van der Waals surface area (Å²) < 4.78 is 8.30. The first kappa shape index (κ1) is 21.0. The summed E-state index contributed by atoms with van der Waals surface area (Å²) >= 11 is 1.54. The van der Waals surface area contributed by atoms with Crippen molar-refractivity contribution in [3.05, 3.63) is 57.1 Å². The molecule has 9 nitrogen and oxygen atoms in total. The van der Waals surface area contributed by atoms with Crippen LogP contribution in [0, 0.1) is 6.92 Å². The number of likely N-dealkylation sites (N-methyl/N-ethyl adjacent to an activating group) is 1. The second kappa shape index (κ2) is 8.86. The fourth-order valence-electron chi connectivity index (χ4n) is 3.52. The average Bonchev–Trinajstić information content (AvgIpc) is 3.37. The molecular weight excluding hydrogens is 416 g/mol. The van der Waals surface area contributed by atoms with Crippen molar-refractivity contribution in [3.63, 3.8) is 0 Å². The van der Waals surface area contributed by atoms with E-state index in [9.17, 15) is 9.59 Å². The summed E-state index contributed by atoms with van der Waals surface area (Å²) in [6.45, 7) is 5.67. The Balaban J connectivity index is 1.74. The van der Waals surface area contributed by atoms with Crippen LogP contribution in [0.3, 0.4) is 0 Å². The molecule has 0 saturated heterocycles. The van der Waals surface area contributed by atoms with Crippen LogP contribution < -0.4 is 21.1 Å². The third-order valence-corrected chi connectivity index (χ3v) is 6.42. The van der Waals surface area contributed by atoms with E-state index in [1.807, 2.05) is 38.1 Å². The Morgan fingerprint density at radius 2 is 2.03 bits per heavy atom. The molecule has 0 unspecified atom stereocenters. The van der Waals surface area contributed by atoms with Crippen LogP contribution >= 0.6 is 11.3 Å². The van der Waals surface area contributed by atoms with Gasteiger partial charge in [-0.25, -0.2) is 9.78 Å². The standard InChI is InChI=1S/C21H24N6O3S/c1-4-23-17(28)10-22-9-16-13(2)18-19-24-12-25-27(19)21(29)26(20(18)31-16)11-14-5-7-15(30-3)8-6-14/h5-8,12,22H,4,9-11H2,1-3H3,(H,23,28). The molecule has 1 aromatic carbocycles. The average molecular weight is 441 g/mol. The van der Waals surface area contributed by atoms with Crippen LogP contribution in [0.2, 0.25) is 0 Å². The molecule has 31 heavy (non-hydrogen) atoms. The number of ether oxygens (including phenoxy) is 1. The van der Waals surface area contributed by atoms with Gasteiger partial charge in [0.2, 0.25) is 5.91 Å². The highest BCUT2D eigenvalue weighted by atomic mass is 32.1. The lowest BCUT2D eigenvalue weighted by Crippen LogP contribution is -2.33. The predicted molar refractivity (Wildman–Crippen MR) is 120 cm³/mol. The van der Waals surface area contributed by atoms with Gasteiger partial charge in [0.15, 0.2) is 5.65 Å². The molecule has 0 aliphatic rings. The molecule has 10 heteroatoms. The zero-order valence-electron chi connectivity index (χ0n) is 17.6. The zero-order valence-corrected chi connectivity index (χ0v) is 18.5. The smallest absolute Gasteiger partial charge is 0.352 e. The van der Waals surface area contributed by atoms with E-state index in [1.165, 1.54) is 22.2 Å². The van der Waals surface area contributed by atoms with Crippen LogP contribution in [-0.2, 0) is 17.9 Å². The van der Waals surface area contributed by atoms with Gasteiger partial charge in [0, 0.05) is 18.0 Å². The van der Waals surface area contributed by atoms with E-state index in [1.54, 1.807) is 11.7 Å². The van der Waals surface area contributed by atoms with Gasteiger partial charge in [-0.2, -0.15) is 9.61 Å². The van der Waals surface area contributed by atoms with Crippen molar-refractivity contribution in [2.45, 2.75) is 26.9 Å². The number of fused-ring (bicyclic) bond motifs is 3. The lowest BCUT2D eigenvalue weighted by Gasteiger charge is -2.09. The molecule has 4 aromatic rings. The summed E-state index contributed by atoms with van der Waals surface area (Å²) in [7, 11) is 1.62. The summed E-state index contributed by atoms with van der Waals surface area (Å²) in [5.41, 5.74) is 2.32. The largest absolute Gasteiger partial charge is 0.497 e. The van der Waals surface area contributed by atoms with Crippen LogP contribution in [0.15, 0.2) is 35.4 Å². The third-order valence-electron chi connectivity index (χ3n) is 5.10. The molecule has 0 atom stereocenters. The first-order valence-electron chi connectivity index (χ1n) is 9.98. The predicted octanol–water partition coefficient (Wildman–Crippen LogP) is 1.70. The van der Waals surface area contributed by atoms with Crippen molar-refractivity contribution in [2.75, 3.05) is 20.2 Å². The van der Waals surface area contributed by atoms with E-state index < -0.39 is 0 Å². The van der Waals surface area contributed by atoms with E-state index in [2.05, 4.69) is 20.7 Å². The molecule has 0 fully saturated rings. The van der Waals surface area contributed by atoms with Crippen LogP contribution in [0.5, 0.6) is 5.75 Å². The minimum absolute atomic E-state index is 0.0440. The Hall–Kier alpha value is -3.24. The number of carbonyl (C=O) groups excluding carboxylic acids is 1. The van der Waals surface area contributed by atoms with Gasteiger partial charge in [-0.3, -0.25) is 9.36 Å². The first-order chi connectivity index (χ1) is 15.0. The monoisotopic (exact) mass is 440 g/mol. The number of hydrogen-bond acceptors (Lipinski definition) is 7. The fourth-order valence-corrected chi connectivity index (χ4v) is 4.78. The Kier molecular flexibility index (Phi) is 6.01. The lowest BCUT2D eigenvalue weighted by atomic mass is 10.2. The Labute approximate surface area is 182 Å². The third kappa shape index (κ3) is 4.04. The van der Waals surface area contributed by atoms with E-state index in [-0.39, 0.29) is 18.1 Å². The summed E-state index contributed by atoms with van der Waals surface area (Å²) in [4.78, 5) is 31.1. The molecule has 0 bridgehead atoms. The molecular formula is C21H24N6O3S. The molecule has 3 heterocycles. The van der Waals surface area contributed by atoms with Gasteiger partial charge in [-0.1, -0.05) is 12.1 Å². The van der Waals surface area contributed by atoms with Crippen molar-refractivity contribution in [1.29, 1.82) is 0 Å². The number of amides is 1. The summed E-state index contributed by atoms with van der Waals surface area (Å²) in [5, 5.41) is 11.0. The Morgan fingerprint density at radius 3 is 2.74 bits per heavy atom. The number of nitrogens with zero attached hydrogens (tertiary/aromatic N) is 4. The molecule has 162 valence electrons. The number of aromatic nitrogens is 4. The number of carbonyl (C=O) groups is 1. The maximum atomic E-state index is 13.2. The van der Waals surface area contributed by atoms with Gasteiger partial charge >= 0.3 is 5.69 Å². The number of benzene rings is 1. The molecule has 0 aliphatic heterocycles. The van der Waals surface area contributed by atoms with Crippen LogP contribution in [0.4, 0.5) is 0 Å². The van der Waals surface area contributed by atoms with Gasteiger partial charge in [-0.15, -0.1) is 11.3 Å². The lowest BCUT2D eigenvalue weighted by molar-refractivity contribution is -0.120. The van der Waals surface area contributed by atoms with Gasteiger partial charge in [0.25, 0.3) is 0 Å². The second-order valence-electron chi connectivity index (χ2n) is 7.10. The number of methoxy groups -OCH3 is 1. The number of aryl methyl sites for hydroxylation is 1. The van der Waals surface area contributed by atoms with E-state index in [0.29, 0.717) is 25.3 Å². The number of rotatable bonds is 8. The van der Waals surface area contributed by atoms with Crippen molar-refractivity contribution < 1.29 is 9.53 Å². The van der Waals surface area contributed by atoms with E-state index in [0.717, 1.165) is 32.0 Å². The molecule has 1 amide bonds. The zero-order chi connectivity index (χ0) is 22.0. The Bertz CT molecular complexity index is 1290. The Morgan fingerprint density at radius 1 is 1.26 bits per heavy atom. The van der Waals surface area contributed by atoms with Gasteiger partial charge in [-0.05, 0) is 37.1 Å². The highest BCUT2D eigenvalue weighted by molar-refractivity contribution is 7.19. The van der Waals surface area contributed by atoms with Crippen molar-refractivity contribution in [2.24, 2.45) is 0 Å². The minimum atomic E-state index is -0.237. The maximum absolute atomic E-state index is 13.2. The molecule has 4 rings (SSSR count). The second-order valence-corrected chi connectivity index (χ2v) is 8.18. The fraction of sp³-hybridized carbons (Fsp3) is 0.333. The maximum Gasteiger partial charge on any atom is 0.352 e. The van der Waals surface area contributed by atoms with Gasteiger partial charge < -0.3 is 15.4 Å². The van der Waals surface area contributed by atoms with Crippen LogP contribution in [0.1, 0.15) is 22.9 Å². The van der Waals surface area contributed by atoms with Crippen LogP contribution in [0.25, 0.3) is 15.9 Å². The summed E-state index contributed by atoms with van der Waals surface area (Å²) in [6, 6.07) is 7.64. The van der Waals surface area contributed by atoms with Crippen molar-refractivity contribution >= 4 is 33.1 Å². The van der Waals surface area contributed by atoms with Crippen molar-refractivity contribution in [3.8, 4) is 5.75 Å². The molecule has 0 aliphatic carbocycles.